The third kappa shape index (κ3) is 4.26. The molecule has 0 aromatic carbocycles. The highest BCUT2D eigenvalue weighted by molar-refractivity contribution is 7.21. The van der Waals surface area contributed by atoms with Crippen molar-refractivity contribution >= 4 is 44.4 Å². The molecule has 0 radical (unpaired) electrons. The van der Waals surface area contributed by atoms with Crippen molar-refractivity contribution in [1.29, 1.82) is 0 Å². The molecule has 0 spiro atoms. The van der Waals surface area contributed by atoms with Gasteiger partial charge in [-0.05, 0) is 39.3 Å². The van der Waals surface area contributed by atoms with Crippen molar-refractivity contribution in [3.63, 3.8) is 0 Å². The molecule has 31 heavy (non-hydrogen) atoms. The largest absolute Gasteiger partial charge is 0.348 e. The molecule has 3 aromatic heterocycles. The number of H-pyrrole nitrogens is 2. The van der Waals surface area contributed by atoms with Crippen LogP contribution in [0.25, 0.3) is 16.1 Å². The molecule has 0 saturated carbocycles. The summed E-state index contributed by atoms with van der Waals surface area (Å²) in [6.07, 6.45) is 8.64. The number of nitrogens with zero attached hydrogens (tertiary/aromatic N) is 6. The Balaban J connectivity index is 1.51. The average Bonchev–Trinajstić information content (AvgIpc) is 3.46. The molecule has 4 rings (SSSR count). The molecule has 2 N–H and O–H groups in total. The minimum atomic E-state index is -0.243. The lowest BCUT2D eigenvalue weighted by atomic mass is 9.98. The van der Waals surface area contributed by atoms with Gasteiger partial charge in [0.2, 0.25) is 5.95 Å². The number of likely N-dealkylation sites (tertiary alicyclic amines) is 1. The Morgan fingerprint density at radius 2 is 2.23 bits per heavy atom. The lowest BCUT2D eigenvalue weighted by molar-refractivity contribution is -0.113. The van der Waals surface area contributed by atoms with E-state index >= 15 is 0 Å². The van der Waals surface area contributed by atoms with Crippen molar-refractivity contribution < 1.29 is 4.79 Å². The fourth-order valence-corrected chi connectivity index (χ4v) is 4.74. The highest BCUT2D eigenvalue weighted by Crippen LogP contribution is 2.32. The second kappa shape index (κ2) is 8.64. The first-order valence-electron chi connectivity index (χ1n) is 10.3. The molecule has 1 aliphatic heterocycles. The Bertz CT molecular complexity index is 1070. The van der Waals surface area contributed by atoms with Crippen molar-refractivity contribution in [3.05, 3.63) is 36.8 Å². The van der Waals surface area contributed by atoms with E-state index in [0.717, 1.165) is 40.5 Å². The highest BCUT2D eigenvalue weighted by atomic mass is 32.1. The summed E-state index contributed by atoms with van der Waals surface area (Å²) in [4.78, 5) is 32.1. The maximum atomic E-state index is 12.8. The van der Waals surface area contributed by atoms with Crippen LogP contribution in [0.3, 0.4) is 0 Å². The lowest BCUT2D eigenvalue weighted by Gasteiger charge is -2.39. The minimum absolute atomic E-state index is 0.243. The maximum Gasteiger partial charge on any atom is 0.257 e. The van der Waals surface area contributed by atoms with E-state index in [1.807, 2.05) is 6.92 Å². The van der Waals surface area contributed by atoms with Crippen molar-refractivity contribution in [2.24, 2.45) is 0 Å². The van der Waals surface area contributed by atoms with Gasteiger partial charge in [0.05, 0.1) is 6.20 Å². The van der Waals surface area contributed by atoms with Crippen LogP contribution in [0.2, 0.25) is 0 Å². The minimum Gasteiger partial charge on any atom is -0.348 e. The number of hydrogen-bond donors (Lipinski definition) is 2. The quantitative estimate of drug-likeness (QED) is 0.571. The zero-order valence-electron chi connectivity index (χ0n) is 18.3. The summed E-state index contributed by atoms with van der Waals surface area (Å²) in [7, 11) is 4.28. The predicted molar refractivity (Wildman–Crippen MR) is 125 cm³/mol. The van der Waals surface area contributed by atoms with Crippen molar-refractivity contribution in [1.82, 2.24) is 30.0 Å². The van der Waals surface area contributed by atoms with E-state index in [4.69, 9.17) is 4.98 Å². The van der Waals surface area contributed by atoms with E-state index in [-0.39, 0.29) is 5.91 Å². The molecule has 1 aliphatic rings. The molecule has 1 fully saturated rings. The molecule has 9 nitrogen and oxygen atoms in total. The number of hydrogen-bond acceptors (Lipinski definition) is 7. The van der Waals surface area contributed by atoms with Gasteiger partial charge in [-0.2, -0.15) is 10.1 Å². The Hall–Kier alpha value is -2.98. The average molecular weight is 441 g/mol. The molecule has 0 bridgehead atoms. The fraction of sp³-hybridized carbons (Fsp3) is 0.429. The van der Waals surface area contributed by atoms with Gasteiger partial charge in [-0.3, -0.25) is 14.8 Å². The van der Waals surface area contributed by atoms with Gasteiger partial charge in [0, 0.05) is 49.7 Å². The third-order valence-electron chi connectivity index (χ3n) is 6.01. The summed E-state index contributed by atoms with van der Waals surface area (Å²) in [5, 5.41) is 7.60. The molecule has 2 unspecified atom stereocenters. The Morgan fingerprint density at radius 1 is 1.42 bits per heavy atom. The summed E-state index contributed by atoms with van der Waals surface area (Å²) in [5.74, 6) is 0.167. The number of anilines is 2. The number of carbonyl (C=O) groups excluding carboxylic acids is 1. The first kappa shape index (κ1) is 21.3. The summed E-state index contributed by atoms with van der Waals surface area (Å²) >= 11 is 1.53. The second-order valence-electron chi connectivity index (χ2n) is 8.03. The first-order chi connectivity index (χ1) is 14.9. The molecule has 1 saturated heterocycles. The van der Waals surface area contributed by atoms with Crippen LogP contribution in [-0.4, -0.2) is 68.7 Å². The molecule has 0 aliphatic carbocycles. The van der Waals surface area contributed by atoms with E-state index in [9.17, 15) is 4.79 Å². The number of thiazole rings is 1. The fourth-order valence-electron chi connectivity index (χ4n) is 3.81. The standard InChI is InChI=1S/C21H28N8OS/c1-6-29(17(30)9-13(2)15-11-22-23-12-15)20-24-18-19(26-20)31-21(25-18)28(5)16-7-8-27(4)14(3)10-16/h6,9,11-12,14,16H,1,7-8,10H2,2-5H3,(H,22,23)(H,24,26)/b13-9+. The summed E-state index contributed by atoms with van der Waals surface area (Å²) in [6, 6.07) is 1.02. The third-order valence-corrected chi connectivity index (χ3v) is 7.05. The monoisotopic (exact) mass is 440 g/mol. The van der Waals surface area contributed by atoms with Gasteiger partial charge in [0.1, 0.15) is 0 Å². The number of carbonyl (C=O) groups is 1. The van der Waals surface area contributed by atoms with Crippen molar-refractivity contribution in [2.45, 2.75) is 38.8 Å². The maximum absolute atomic E-state index is 12.8. The number of allylic oxidation sites excluding steroid dienone is 1. The van der Waals surface area contributed by atoms with Gasteiger partial charge in [0.25, 0.3) is 5.91 Å². The first-order valence-corrected chi connectivity index (χ1v) is 11.1. The summed E-state index contributed by atoms with van der Waals surface area (Å²) in [5.41, 5.74) is 2.33. The SMILES string of the molecule is C=CN(C(=O)/C=C(\C)c1cn[nH]c1)c1nc2sc(N(C)C3CCN(C)C(C)C3)nc2[nH]1. The van der Waals surface area contributed by atoms with Crippen LogP contribution >= 0.6 is 11.3 Å². The van der Waals surface area contributed by atoms with E-state index in [2.05, 4.69) is 57.6 Å². The molecule has 2 atom stereocenters. The molecule has 4 heterocycles. The Labute approximate surface area is 185 Å². The van der Waals surface area contributed by atoms with E-state index in [1.54, 1.807) is 12.4 Å². The molecule has 164 valence electrons. The van der Waals surface area contributed by atoms with Gasteiger partial charge in [0.15, 0.2) is 15.6 Å². The number of rotatable bonds is 6. The molecule has 3 aromatic rings. The van der Waals surface area contributed by atoms with Crippen LogP contribution in [0.5, 0.6) is 0 Å². The van der Waals surface area contributed by atoms with E-state index in [1.165, 1.54) is 28.5 Å². The number of nitrogens with one attached hydrogen (secondary N) is 2. The van der Waals surface area contributed by atoms with Gasteiger partial charge in [-0.15, -0.1) is 0 Å². The van der Waals surface area contributed by atoms with Crippen LogP contribution in [0.15, 0.2) is 31.2 Å². The van der Waals surface area contributed by atoms with Gasteiger partial charge in [-0.25, -0.2) is 4.98 Å². The van der Waals surface area contributed by atoms with Crippen LogP contribution in [-0.2, 0) is 4.79 Å². The van der Waals surface area contributed by atoms with Gasteiger partial charge < -0.3 is 14.8 Å². The number of fused-ring (bicyclic) bond motifs is 1. The number of imidazole rings is 1. The van der Waals surface area contributed by atoms with E-state index in [0.29, 0.717) is 23.7 Å². The summed E-state index contributed by atoms with van der Waals surface area (Å²) in [6.45, 7) is 8.99. The number of amides is 1. The predicted octanol–water partition coefficient (Wildman–Crippen LogP) is 3.24. The molecule has 1 amide bonds. The Kier molecular flexibility index (Phi) is 5.92. The van der Waals surface area contributed by atoms with E-state index < -0.39 is 0 Å². The van der Waals surface area contributed by atoms with Crippen molar-refractivity contribution in [2.75, 3.05) is 30.4 Å². The second-order valence-corrected chi connectivity index (χ2v) is 8.99. The van der Waals surface area contributed by atoms with Crippen LogP contribution in [0.1, 0.15) is 32.3 Å². The topological polar surface area (TPSA) is 97.0 Å². The number of aromatic nitrogens is 5. The lowest BCUT2D eigenvalue weighted by Crippen LogP contribution is -2.46. The van der Waals surface area contributed by atoms with Gasteiger partial charge in [-0.1, -0.05) is 17.9 Å². The molecule has 10 heteroatoms. The highest BCUT2D eigenvalue weighted by Gasteiger charge is 2.28. The van der Waals surface area contributed by atoms with Crippen LogP contribution < -0.4 is 9.80 Å². The zero-order chi connectivity index (χ0) is 22.1. The van der Waals surface area contributed by atoms with Crippen LogP contribution in [0, 0.1) is 0 Å². The Morgan fingerprint density at radius 3 is 2.87 bits per heavy atom. The van der Waals surface area contributed by atoms with Crippen molar-refractivity contribution in [3.8, 4) is 0 Å². The number of aromatic amines is 2. The summed E-state index contributed by atoms with van der Waals surface area (Å²) < 4.78 is 0. The van der Waals surface area contributed by atoms with Gasteiger partial charge >= 0.3 is 0 Å². The number of piperidine rings is 1. The smallest absolute Gasteiger partial charge is 0.257 e. The normalized spacial score (nSPS) is 20.2. The molecular formula is C21H28N8OS. The van der Waals surface area contributed by atoms with Crippen LogP contribution in [0.4, 0.5) is 11.1 Å². The zero-order valence-corrected chi connectivity index (χ0v) is 19.1. The molecular weight excluding hydrogens is 412 g/mol.